The summed E-state index contributed by atoms with van der Waals surface area (Å²) in [6, 6.07) is 16.9. The number of para-hydroxylation sites is 1. The van der Waals surface area contributed by atoms with Crippen molar-refractivity contribution in [2.75, 3.05) is 11.9 Å². The fourth-order valence-corrected chi connectivity index (χ4v) is 2.40. The van der Waals surface area contributed by atoms with E-state index in [2.05, 4.69) is 24.5 Å². The van der Waals surface area contributed by atoms with Crippen LogP contribution in [0.15, 0.2) is 54.6 Å². The number of amides is 2. The topological polar surface area (TPSA) is 58.2 Å². The molecular formula is C20H24N2O2. The molecule has 0 aliphatic rings. The smallest absolute Gasteiger partial charge is 0.251 e. The molecule has 0 heterocycles. The predicted molar refractivity (Wildman–Crippen MR) is 97.0 cm³/mol. The Hall–Kier alpha value is -2.62. The van der Waals surface area contributed by atoms with Crippen molar-refractivity contribution in [2.24, 2.45) is 5.92 Å². The third kappa shape index (κ3) is 5.88. The Balaban J connectivity index is 1.75. The maximum Gasteiger partial charge on any atom is 0.251 e. The number of hydrogen-bond donors (Lipinski definition) is 2. The number of hydrogen-bond acceptors (Lipinski definition) is 2. The van der Waals surface area contributed by atoms with Gasteiger partial charge in [-0.05, 0) is 42.2 Å². The first-order chi connectivity index (χ1) is 11.5. The van der Waals surface area contributed by atoms with Crippen molar-refractivity contribution >= 4 is 17.5 Å². The van der Waals surface area contributed by atoms with Crippen LogP contribution in [0.2, 0.25) is 0 Å². The van der Waals surface area contributed by atoms with E-state index in [0.29, 0.717) is 18.0 Å². The molecule has 0 radical (unpaired) electrons. The summed E-state index contributed by atoms with van der Waals surface area (Å²) in [5.74, 6) is 0.320. The highest BCUT2D eigenvalue weighted by Gasteiger charge is 2.07. The second-order valence-corrected chi connectivity index (χ2v) is 6.21. The molecule has 0 aliphatic carbocycles. The average molecular weight is 324 g/mol. The minimum absolute atomic E-state index is 0.117. The standard InChI is InChI=1S/C20H24N2O2/c1-15(2)14-16-8-10-17(11-9-16)20(24)21-13-12-19(23)22-18-6-4-3-5-7-18/h3-11,15H,12-14H2,1-2H3,(H,21,24)(H,22,23). The summed E-state index contributed by atoms with van der Waals surface area (Å²) in [7, 11) is 0. The van der Waals surface area contributed by atoms with Gasteiger partial charge in [-0.2, -0.15) is 0 Å². The van der Waals surface area contributed by atoms with Gasteiger partial charge in [-0.3, -0.25) is 9.59 Å². The maximum atomic E-state index is 12.1. The van der Waals surface area contributed by atoms with Crippen LogP contribution < -0.4 is 10.6 Å². The zero-order valence-electron chi connectivity index (χ0n) is 14.2. The molecule has 4 nitrogen and oxygen atoms in total. The van der Waals surface area contributed by atoms with Crippen LogP contribution in [-0.2, 0) is 11.2 Å². The van der Waals surface area contributed by atoms with E-state index in [4.69, 9.17) is 0 Å². The number of nitrogens with one attached hydrogen (secondary N) is 2. The normalized spacial score (nSPS) is 10.5. The molecule has 0 unspecified atom stereocenters. The summed E-state index contributed by atoms with van der Waals surface area (Å²) in [6.07, 6.45) is 1.24. The van der Waals surface area contributed by atoms with E-state index in [-0.39, 0.29) is 18.2 Å². The lowest BCUT2D eigenvalue weighted by Crippen LogP contribution is -2.27. The minimum Gasteiger partial charge on any atom is -0.352 e. The molecule has 0 aliphatic heterocycles. The van der Waals surface area contributed by atoms with Gasteiger partial charge in [0.15, 0.2) is 0 Å². The second-order valence-electron chi connectivity index (χ2n) is 6.21. The fraction of sp³-hybridized carbons (Fsp3) is 0.300. The monoisotopic (exact) mass is 324 g/mol. The van der Waals surface area contributed by atoms with Gasteiger partial charge in [-0.15, -0.1) is 0 Å². The first kappa shape index (κ1) is 17.7. The number of rotatable bonds is 7. The Morgan fingerprint density at radius 3 is 2.25 bits per heavy atom. The molecule has 2 aromatic rings. The van der Waals surface area contributed by atoms with Gasteiger partial charge < -0.3 is 10.6 Å². The molecule has 2 aromatic carbocycles. The van der Waals surface area contributed by atoms with E-state index in [1.165, 1.54) is 5.56 Å². The van der Waals surface area contributed by atoms with Crippen molar-refractivity contribution in [2.45, 2.75) is 26.7 Å². The Kier molecular flexibility index (Phi) is 6.55. The van der Waals surface area contributed by atoms with Crippen LogP contribution in [0.4, 0.5) is 5.69 Å². The molecule has 0 aromatic heterocycles. The largest absolute Gasteiger partial charge is 0.352 e. The molecule has 2 rings (SSSR count). The van der Waals surface area contributed by atoms with Gasteiger partial charge >= 0.3 is 0 Å². The highest BCUT2D eigenvalue weighted by atomic mass is 16.2. The second kappa shape index (κ2) is 8.87. The summed E-state index contributed by atoms with van der Waals surface area (Å²) in [4.78, 5) is 23.9. The zero-order chi connectivity index (χ0) is 17.4. The maximum absolute atomic E-state index is 12.1. The predicted octanol–water partition coefficient (Wildman–Crippen LogP) is 3.64. The van der Waals surface area contributed by atoms with E-state index >= 15 is 0 Å². The lowest BCUT2D eigenvalue weighted by molar-refractivity contribution is -0.116. The SMILES string of the molecule is CC(C)Cc1ccc(C(=O)NCCC(=O)Nc2ccccc2)cc1. The Bertz CT molecular complexity index is 664. The number of carbonyl (C=O) groups is 2. The minimum atomic E-state index is -0.154. The fourth-order valence-electron chi connectivity index (χ4n) is 2.40. The van der Waals surface area contributed by atoms with Crippen LogP contribution in [0.3, 0.4) is 0 Å². The molecule has 126 valence electrons. The van der Waals surface area contributed by atoms with Crippen molar-refractivity contribution in [1.29, 1.82) is 0 Å². The Morgan fingerprint density at radius 1 is 0.958 bits per heavy atom. The summed E-state index contributed by atoms with van der Waals surface area (Å²) in [5, 5.41) is 5.57. The van der Waals surface area contributed by atoms with Crippen molar-refractivity contribution in [1.82, 2.24) is 5.32 Å². The molecule has 0 bridgehead atoms. The Morgan fingerprint density at radius 2 is 1.62 bits per heavy atom. The molecule has 0 saturated heterocycles. The van der Waals surface area contributed by atoms with Gasteiger partial charge in [0, 0.05) is 24.2 Å². The van der Waals surface area contributed by atoms with E-state index in [1.54, 1.807) is 0 Å². The van der Waals surface area contributed by atoms with Crippen molar-refractivity contribution in [3.8, 4) is 0 Å². The van der Waals surface area contributed by atoms with Crippen molar-refractivity contribution in [3.05, 3.63) is 65.7 Å². The molecule has 0 atom stereocenters. The summed E-state index contributed by atoms with van der Waals surface area (Å²) in [5.41, 5.74) is 2.60. The highest BCUT2D eigenvalue weighted by molar-refractivity contribution is 5.95. The molecule has 4 heteroatoms. The number of carbonyl (C=O) groups excluding carboxylic acids is 2. The van der Waals surface area contributed by atoms with Crippen molar-refractivity contribution < 1.29 is 9.59 Å². The average Bonchev–Trinajstić information content (AvgIpc) is 2.55. The van der Waals surface area contributed by atoms with Gasteiger partial charge in [0.05, 0.1) is 0 Å². The van der Waals surface area contributed by atoms with Gasteiger partial charge in [0.25, 0.3) is 5.91 Å². The van der Waals surface area contributed by atoms with E-state index in [1.807, 2.05) is 54.6 Å². The molecule has 24 heavy (non-hydrogen) atoms. The van der Waals surface area contributed by atoms with Crippen LogP contribution in [0.25, 0.3) is 0 Å². The molecule has 0 fully saturated rings. The molecule has 2 amide bonds. The first-order valence-corrected chi connectivity index (χ1v) is 8.26. The zero-order valence-corrected chi connectivity index (χ0v) is 14.2. The van der Waals surface area contributed by atoms with Crippen LogP contribution in [-0.4, -0.2) is 18.4 Å². The third-order valence-electron chi connectivity index (χ3n) is 3.56. The summed E-state index contributed by atoms with van der Waals surface area (Å²) < 4.78 is 0. The van der Waals surface area contributed by atoms with Gasteiger partial charge in [0.1, 0.15) is 0 Å². The molecule has 0 spiro atoms. The van der Waals surface area contributed by atoms with Gasteiger partial charge in [0.2, 0.25) is 5.91 Å². The lowest BCUT2D eigenvalue weighted by Gasteiger charge is -2.08. The van der Waals surface area contributed by atoms with Crippen LogP contribution in [0.1, 0.15) is 36.2 Å². The third-order valence-corrected chi connectivity index (χ3v) is 3.56. The lowest BCUT2D eigenvalue weighted by atomic mass is 10.0. The van der Waals surface area contributed by atoms with Gasteiger partial charge in [-0.25, -0.2) is 0 Å². The molecular weight excluding hydrogens is 300 g/mol. The molecule has 2 N–H and O–H groups in total. The Labute approximate surface area is 143 Å². The quantitative estimate of drug-likeness (QED) is 0.817. The first-order valence-electron chi connectivity index (χ1n) is 8.26. The van der Waals surface area contributed by atoms with Crippen LogP contribution >= 0.6 is 0 Å². The van der Waals surface area contributed by atoms with Crippen LogP contribution in [0, 0.1) is 5.92 Å². The molecule has 0 saturated carbocycles. The number of anilines is 1. The van der Waals surface area contributed by atoms with E-state index < -0.39 is 0 Å². The number of benzene rings is 2. The summed E-state index contributed by atoms with van der Waals surface area (Å²) >= 11 is 0. The van der Waals surface area contributed by atoms with E-state index in [9.17, 15) is 9.59 Å². The van der Waals surface area contributed by atoms with E-state index in [0.717, 1.165) is 12.1 Å². The van der Waals surface area contributed by atoms with Gasteiger partial charge in [-0.1, -0.05) is 44.2 Å². The summed E-state index contributed by atoms with van der Waals surface area (Å²) in [6.45, 7) is 4.65. The van der Waals surface area contributed by atoms with Crippen molar-refractivity contribution in [3.63, 3.8) is 0 Å². The van der Waals surface area contributed by atoms with Crippen LogP contribution in [0.5, 0.6) is 0 Å². The highest BCUT2D eigenvalue weighted by Crippen LogP contribution is 2.10.